The molecule has 0 radical (unpaired) electrons. The molecule has 0 fully saturated rings. The highest BCUT2D eigenvalue weighted by Gasteiger charge is 2.48. The van der Waals surface area contributed by atoms with Crippen LogP contribution in [0.1, 0.15) is 110 Å². The van der Waals surface area contributed by atoms with Crippen LogP contribution in [-0.4, -0.2) is 19.8 Å². The van der Waals surface area contributed by atoms with E-state index in [1.165, 1.54) is 113 Å². The quantitative estimate of drug-likeness (QED) is 0.0750. The molecule has 3 aliphatic heterocycles. The Morgan fingerprint density at radius 1 is 0.245 bits per heavy atom. The van der Waals surface area contributed by atoms with Gasteiger partial charge in [-0.05, 0) is 228 Å². The fourth-order valence-corrected chi connectivity index (χ4v) is 20.5. The number of fused-ring (bicyclic) bond motifs is 9. The van der Waals surface area contributed by atoms with Crippen LogP contribution >= 0.6 is 35.3 Å². The lowest BCUT2D eigenvalue weighted by atomic mass is 9.64. The maximum absolute atomic E-state index is 6.10. The van der Waals surface area contributed by atoms with E-state index in [-0.39, 0.29) is 5.92 Å². The molecule has 0 atom stereocenters. The highest BCUT2D eigenvalue weighted by atomic mass is 32.2. The first kappa shape index (κ1) is 66.2. The molecule has 3 nitrogen and oxygen atoms in total. The van der Waals surface area contributed by atoms with Gasteiger partial charge in [-0.2, -0.15) is 0 Å². The maximum atomic E-state index is 6.10. The van der Waals surface area contributed by atoms with Crippen LogP contribution in [0.4, 0.5) is 0 Å². The van der Waals surface area contributed by atoms with Crippen molar-refractivity contribution in [2.45, 2.75) is 72.3 Å². The van der Waals surface area contributed by atoms with E-state index < -0.39 is 16.2 Å². The molecule has 506 valence electrons. The standard InChI is InChI=1S/C100H70O3S3/c1-4-7-58-101-82-55-43-70-61-79(52-40-73(70)64-82)98(85-22-10-16-28-91(85)104-92-29-17-11-23-86(92)98)76-46-34-67(35-47-76)97(68-36-48-77(49-37-68)99(87-24-12-18-30-93(87)105-94-31-19-13-25-88(94)99)80-53-41-74-65-83(102-59-8-5-2)56-44-71(74)62-80)69-38-50-78(51-39-69)100(89-26-14-20-32-95(89)106-96-33-21-15-27-90(96)100)81-54-42-75-66-84(103-60-9-6-3)57-45-72(75)63-81/h10-57,61-66,97H,58-60H2,1-3H3. The van der Waals surface area contributed by atoms with Gasteiger partial charge in [-0.25, -0.2) is 0 Å². The van der Waals surface area contributed by atoms with E-state index >= 15 is 0 Å². The van der Waals surface area contributed by atoms with Gasteiger partial charge in [-0.1, -0.05) is 290 Å². The summed E-state index contributed by atoms with van der Waals surface area (Å²) in [5.74, 6) is 20.3. The molecule has 3 aliphatic rings. The van der Waals surface area contributed by atoms with Crippen LogP contribution in [0.25, 0.3) is 32.3 Å². The Balaban J connectivity index is 0.829. The van der Waals surface area contributed by atoms with Crippen LogP contribution in [-0.2, 0) is 16.2 Å². The van der Waals surface area contributed by atoms with E-state index in [9.17, 15) is 0 Å². The first-order valence-electron chi connectivity index (χ1n) is 36.0. The number of rotatable bonds is 15. The van der Waals surface area contributed by atoms with E-state index in [2.05, 4.69) is 363 Å². The fraction of sp³-hybridized carbons (Fsp3) is 0.100. The molecular weight excluding hydrogens is 1350 g/mol. The third kappa shape index (κ3) is 11.2. The van der Waals surface area contributed by atoms with Crippen molar-refractivity contribution in [2.75, 3.05) is 19.8 Å². The smallest absolute Gasteiger partial charge is 0.149 e. The monoisotopic (exact) mass is 1410 g/mol. The molecule has 0 N–H and O–H groups in total. The van der Waals surface area contributed by atoms with Crippen molar-refractivity contribution in [3.8, 4) is 52.8 Å². The summed E-state index contributed by atoms with van der Waals surface area (Å²) in [6.45, 7) is 6.56. The second-order valence-corrected chi connectivity index (χ2v) is 30.4. The zero-order valence-corrected chi connectivity index (χ0v) is 61.3. The summed E-state index contributed by atoms with van der Waals surface area (Å²) >= 11 is 5.57. The topological polar surface area (TPSA) is 27.7 Å². The van der Waals surface area contributed by atoms with Crippen molar-refractivity contribution in [3.05, 3.63) is 411 Å². The first-order valence-corrected chi connectivity index (χ1v) is 38.4. The number of hydrogen-bond acceptors (Lipinski definition) is 6. The zero-order chi connectivity index (χ0) is 71.2. The molecule has 0 unspecified atom stereocenters. The second-order valence-electron chi connectivity index (χ2n) is 27.1. The highest BCUT2D eigenvalue weighted by molar-refractivity contribution is 8.00. The normalized spacial score (nSPS) is 13.7. The van der Waals surface area contributed by atoms with Gasteiger partial charge in [0.05, 0.1) is 16.2 Å². The van der Waals surface area contributed by atoms with Crippen molar-refractivity contribution in [2.24, 2.45) is 0 Å². The molecule has 0 saturated heterocycles. The molecule has 18 rings (SSSR count). The van der Waals surface area contributed by atoms with Crippen molar-refractivity contribution >= 4 is 67.6 Å². The summed E-state index contributed by atoms with van der Waals surface area (Å²) in [6, 6.07) is 123. The van der Waals surface area contributed by atoms with E-state index in [0.717, 1.165) is 49.6 Å². The lowest BCUT2D eigenvalue weighted by Gasteiger charge is -2.42. The van der Waals surface area contributed by atoms with Gasteiger partial charge in [-0.3, -0.25) is 0 Å². The molecule has 6 heteroatoms. The maximum Gasteiger partial charge on any atom is 0.149 e. The van der Waals surface area contributed by atoms with Crippen LogP contribution in [0.3, 0.4) is 0 Å². The van der Waals surface area contributed by atoms with Gasteiger partial charge in [0.15, 0.2) is 0 Å². The van der Waals surface area contributed by atoms with Gasteiger partial charge in [0, 0.05) is 35.3 Å². The summed E-state index contributed by atoms with van der Waals surface area (Å²) in [6.07, 6.45) is 0. The van der Waals surface area contributed by atoms with Gasteiger partial charge in [0.25, 0.3) is 0 Å². The molecule has 0 saturated carbocycles. The van der Waals surface area contributed by atoms with Crippen molar-refractivity contribution in [1.29, 1.82) is 0 Å². The molecule has 0 aromatic heterocycles. The van der Waals surface area contributed by atoms with E-state index in [0.29, 0.717) is 19.8 Å². The Labute approximate surface area is 633 Å². The van der Waals surface area contributed by atoms with Crippen molar-refractivity contribution < 1.29 is 14.2 Å². The van der Waals surface area contributed by atoms with E-state index in [1.54, 1.807) is 0 Å². The minimum atomic E-state index is -0.681. The Kier molecular flexibility index (Phi) is 17.5. The lowest BCUT2D eigenvalue weighted by Crippen LogP contribution is -2.34. The van der Waals surface area contributed by atoms with Gasteiger partial charge < -0.3 is 14.2 Å². The molecular formula is C100H70O3S3. The Hall–Kier alpha value is -11.8. The molecule has 0 bridgehead atoms. The minimum absolute atomic E-state index is 0.203. The third-order valence-electron chi connectivity index (χ3n) is 21.6. The Bertz CT molecular complexity index is 5420. The zero-order valence-electron chi connectivity index (χ0n) is 58.8. The molecule has 15 aromatic rings. The summed E-state index contributed by atoms with van der Waals surface area (Å²) < 4.78 is 18.3. The predicted molar refractivity (Wildman–Crippen MR) is 437 cm³/mol. The molecule has 106 heavy (non-hydrogen) atoms. The minimum Gasteiger partial charge on any atom is -0.481 e. The highest BCUT2D eigenvalue weighted by Crippen LogP contribution is 2.60. The molecule has 0 amide bonds. The molecule has 3 heterocycles. The number of benzene rings is 15. The third-order valence-corrected chi connectivity index (χ3v) is 25.1. The number of hydrogen-bond donors (Lipinski definition) is 0. The summed E-state index contributed by atoms with van der Waals surface area (Å²) in [5.41, 5.74) is 16.2. The van der Waals surface area contributed by atoms with Crippen LogP contribution in [0.15, 0.2) is 357 Å². The molecule has 0 spiro atoms. The van der Waals surface area contributed by atoms with Crippen LogP contribution in [0.5, 0.6) is 17.2 Å². The van der Waals surface area contributed by atoms with Crippen molar-refractivity contribution in [1.82, 2.24) is 0 Å². The van der Waals surface area contributed by atoms with E-state index in [1.807, 2.05) is 56.1 Å². The Morgan fingerprint density at radius 2 is 0.462 bits per heavy atom. The second kappa shape index (κ2) is 28.0. The summed E-state index contributed by atoms with van der Waals surface area (Å²) in [5, 5.41) is 6.75. The van der Waals surface area contributed by atoms with Gasteiger partial charge in [-0.15, -0.1) is 17.8 Å². The molecule has 15 aromatic carbocycles. The summed E-state index contributed by atoms with van der Waals surface area (Å²) in [7, 11) is 0. The number of ether oxygens (including phenoxy) is 3. The van der Waals surface area contributed by atoms with E-state index in [4.69, 9.17) is 14.2 Å². The Morgan fingerprint density at radius 3 is 0.708 bits per heavy atom. The lowest BCUT2D eigenvalue weighted by molar-refractivity contribution is 0.370. The molecule has 0 aliphatic carbocycles. The average Bonchev–Trinajstić information content (AvgIpc) is 0.717. The van der Waals surface area contributed by atoms with Gasteiger partial charge >= 0.3 is 0 Å². The average molecular weight is 1420 g/mol. The van der Waals surface area contributed by atoms with Crippen LogP contribution in [0.2, 0.25) is 0 Å². The van der Waals surface area contributed by atoms with Gasteiger partial charge in [0.1, 0.15) is 37.1 Å². The summed E-state index contributed by atoms with van der Waals surface area (Å²) in [4.78, 5) is 7.45. The fourth-order valence-electron chi connectivity index (χ4n) is 16.9. The predicted octanol–water partition coefficient (Wildman–Crippen LogP) is 24.1. The van der Waals surface area contributed by atoms with Crippen molar-refractivity contribution in [3.63, 3.8) is 0 Å². The van der Waals surface area contributed by atoms with Crippen LogP contribution in [0, 0.1) is 35.5 Å². The largest absolute Gasteiger partial charge is 0.481 e. The van der Waals surface area contributed by atoms with Crippen LogP contribution < -0.4 is 14.2 Å². The first-order chi connectivity index (χ1) is 52.4. The van der Waals surface area contributed by atoms with Gasteiger partial charge in [0.2, 0.25) is 0 Å². The SMILES string of the molecule is CC#CCOc1ccc2cc(C3(c4ccc(C(c5ccc(C6(c7ccc8cc(OCC#CC)ccc8c7)c7ccccc7Sc7ccccc76)cc5)c5ccc(C6(c7ccc8cc(OCC#CC)ccc8c7)c7ccccc7Sc7ccccc76)cc5)cc4)c4ccccc4Sc4ccccc43)ccc2c1.